The number of halogens is 1. The second kappa shape index (κ2) is 7.24. The van der Waals surface area contributed by atoms with Gasteiger partial charge in [-0.15, -0.1) is 0 Å². The first kappa shape index (κ1) is 14.8. The smallest absolute Gasteiger partial charge is 0.239 e. The number of nitrogens with zero attached hydrogens (tertiary/aromatic N) is 1. The molecule has 0 bridgehead atoms. The molecule has 0 spiro atoms. The molecule has 0 heterocycles. The van der Waals surface area contributed by atoms with Crippen LogP contribution in [0, 0.1) is 0 Å². The molecule has 0 saturated carbocycles. The van der Waals surface area contributed by atoms with Crippen LogP contribution < -0.4 is 16.0 Å². The first-order chi connectivity index (χ1) is 8.62. The Balaban J connectivity index is 2.85. The Morgan fingerprint density at radius 2 is 2.17 bits per heavy atom. The number of likely N-dealkylation sites (N-methyl/N-ethyl adjacent to an activating group) is 2. The van der Waals surface area contributed by atoms with Crippen LogP contribution >= 0.6 is 11.6 Å². The third-order valence-electron chi connectivity index (χ3n) is 2.68. The molecule has 4 nitrogen and oxygen atoms in total. The number of benzene rings is 1. The number of rotatable bonds is 6. The molecule has 0 atom stereocenters. The summed E-state index contributed by atoms with van der Waals surface area (Å²) in [5, 5.41) is 3.41. The van der Waals surface area contributed by atoms with E-state index in [1.54, 1.807) is 0 Å². The monoisotopic (exact) mass is 269 g/mol. The number of anilines is 1. The number of carbonyl (C=O) groups excluding carboxylic acids is 1. The Morgan fingerprint density at radius 3 is 2.67 bits per heavy atom. The van der Waals surface area contributed by atoms with E-state index in [1.807, 2.05) is 36.9 Å². The summed E-state index contributed by atoms with van der Waals surface area (Å²) >= 11 is 6.21. The lowest BCUT2D eigenvalue weighted by Gasteiger charge is -2.23. The van der Waals surface area contributed by atoms with Crippen LogP contribution in [0.15, 0.2) is 18.2 Å². The minimum Gasteiger partial charge on any atom is -0.361 e. The molecule has 0 aliphatic heterocycles. The molecule has 0 unspecified atom stereocenters. The van der Waals surface area contributed by atoms with Gasteiger partial charge in [-0.2, -0.15) is 0 Å². The molecule has 5 heteroatoms. The van der Waals surface area contributed by atoms with Crippen LogP contribution in [0.1, 0.15) is 19.4 Å². The van der Waals surface area contributed by atoms with Crippen molar-refractivity contribution in [2.75, 3.05) is 24.5 Å². The molecular weight excluding hydrogens is 250 g/mol. The van der Waals surface area contributed by atoms with Gasteiger partial charge in [0.2, 0.25) is 5.91 Å². The minimum atomic E-state index is -0.00156. The zero-order chi connectivity index (χ0) is 13.5. The van der Waals surface area contributed by atoms with Gasteiger partial charge >= 0.3 is 0 Å². The zero-order valence-corrected chi connectivity index (χ0v) is 11.6. The lowest BCUT2D eigenvalue weighted by atomic mass is 10.2. The number of hydrogen-bond acceptors (Lipinski definition) is 3. The van der Waals surface area contributed by atoms with Gasteiger partial charge in [0.15, 0.2) is 0 Å². The first-order valence-corrected chi connectivity index (χ1v) is 6.50. The van der Waals surface area contributed by atoms with Crippen molar-refractivity contribution in [1.82, 2.24) is 5.32 Å². The molecule has 1 amide bonds. The van der Waals surface area contributed by atoms with Gasteiger partial charge < -0.3 is 16.0 Å². The van der Waals surface area contributed by atoms with Crippen LogP contribution in [-0.2, 0) is 11.3 Å². The fourth-order valence-electron chi connectivity index (χ4n) is 1.73. The second-order valence-corrected chi connectivity index (χ2v) is 4.36. The zero-order valence-electron chi connectivity index (χ0n) is 10.9. The van der Waals surface area contributed by atoms with E-state index in [1.165, 1.54) is 0 Å². The average Bonchev–Trinajstić information content (AvgIpc) is 2.36. The lowest BCUT2D eigenvalue weighted by molar-refractivity contribution is -0.119. The van der Waals surface area contributed by atoms with Crippen LogP contribution in [0.4, 0.5) is 5.69 Å². The van der Waals surface area contributed by atoms with Crippen molar-refractivity contribution in [3.8, 4) is 0 Å². The first-order valence-electron chi connectivity index (χ1n) is 6.12. The lowest BCUT2D eigenvalue weighted by Crippen LogP contribution is -2.37. The van der Waals surface area contributed by atoms with E-state index in [4.69, 9.17) is 17.3 Å². The summed E-state index contributed by atoms with van der Waals surface area (Å²) < 4.78 is 0. The number of hydrogen-bond donors (Lipinski definition) is 2. The van der Waals surface area contributed by atoms with Gasteiger partial charge in [-0.1, -0.05) is 17.7 Å². The summed E-state index contributed by atoms with van der Waals surface area (Å²) in [7, 11) is 0. The number of nitrogens with one attached hydrogen (secondary N) is 1. The molecule has 0 radical (unpaired) electrons. The Hall–Kier alpha value is -1.26. The summed E-state index contributed by atoms with van der Waals surface area (Å²) in [6.45, 7) is 6.02. The van der Waals surface area contributed by atoms with E-state index in [2.05, 4.69) is 5.32 Å². The van der Waals surface area contributed by atoms with Crippen LogP contribution in [0.3, 0.4) is 0 Å². The predicted octanol–water partition coefficient (Wildman–Crippen LogP) is 1.76. The molecule has 1 aromatic rings. The second-order valence-electron chi connectivity index (χ2n) is 3.96. The van der Waals surface area contributed by atoms with Crippen molar-refractivity contribution in [2.24, 2.45) is 5.73 Å². The largest absolute Gasteiger partial charge is 0.361 e. The van der Waals surface area contributed by atoms with Crippen molar-refractivity contribution in [1.29, 1.82) is 0 Å². The Bertz CT molecular complexity index is 409. The van der Waals surface area contributed by atoms with Crippen molar-refractivity contribution in [3.05, 3.63) is 28.8 Å². The van der Waals surface area contributed by atoms with Crippen LogP contribution in [0.5, 0.6) is 0 Å². The molecule has 100 valence electrons. The van der Waals surface area contributed by atoms with E-state index < -0.39 is 0 Å². The molecular formula is C13H20ClN3O. The van der Waals surface area contributed by atoms with Gasteiger partial charge in [0.05, 0.1) is 17.3 Å². The molecule has 0 aromatic heterocycles. The van der Waals surface area contributed by atoms with Crippen LogP contribution in [-0.4, -0.2) is 25.5 Å². The van der Waals surface area contributed by atoms with Crippen molar-refractivity contribution in [2.45, 2.75) is 20.4 Å². The minimum absolute atomic E-state index is 0.00156. The summed E-state index contributed by atoms with van der Waals surface area (Å²) in [6, 6.07) is 5.69. The Kier molecular flexibility index (Phi) is 5.95. The van der Waals surface area contributed by atoms with E-state index in [-0.39, 0.29) is 5.91 Å². The molecule has 1 rings (SSSR count). The number of nitrogens with two attached hydrogens (primary N) is 1. The maximum Gasteiger partial charge on any atom is 0.239 e. The summed E-state index contributed by atoms with van der Waals surface area (Å²) in [5.41, 5.74) is 7.41. The van der Waals surface area contributed by atoms with Gasteiger partial charge in [-0.05, 0) is 31.5 Å². The van der Waals surface area contributed by atoms with E-state index >= 15 is 0 Å². The molecule has 0 saturated heterocycles. The van der Waals surface area contributed by atoms with Gasteiger partial charge in [0, 0.05) is 19.6 Å². The topological polar surface area (TPSA) is 58.4 Å². The summed E-state index contributed by atoms with van der Waals surface area (Å²) in [5.74, 6) is -0.00156. The molecule has 0 aliphatic carbocycles. The van der Waals surface area contributed by atoms with Gasteiger partial charge in [-0.3, -0.25) is 4.79 Å². The maximum atomic E-state index is 11.6. The molecule has 0 aliphatic rings. The molecule has 1 aromatic carbocycles. The highest BCUT2D eigenvalue weighted by Crippen LogP contribution is 2.26. The third kappa shape index (κ3) is 3.89. The Labute approximate surface area is 113 Å². The number of carbonyl (C=O) groups is 1. The van der Waals surface area contributed by atoms with Crippen LogP contribution in [0.25, 0.3) is 0 Å². The summed E-state index contributed by atoms with van der Waals surface area (Å²) in [6.07, 6.45) is 0. The van der Waals surface area contributed by atoms with E-state index in [0.29, 0.717) is 24.7 Å². The predicted molar refractivity (Wildman–Crippen MR) is 75.9 cm³/mol. The summed E-state index contributed by atoms with van der Waals surface area (Å²) in [4.78, 5) is 13.5. The van der Waals surface area contributed by atoms with Crippen LogP contribution in [0.2, 0.25) is 5.02 Å². The maximum absolute atomic E-state index is 11.6. The highest BCUT2D eigenvalue weighted by atomic mass is 35.5. The normalized spacial score (nSPS) is 10.2. The highest BCUT2D eigenvalue weighted by Gasteiger charge is 2.12. The highest BCUT2D eigenvalue weighted by molar-refractivity contribution is 6.33. The van der Waals surface area contributed by atoms with Gasteiger partial charge in [-0.25, -0.2) is 0 Å². The standard InChI is InChI=1S/C13H20ClN3O/c1-3-16-13(18)9-17(4-2)12-6-5-10(8-15)7-11(12)14/h5-7H,3-4,8-9,15H2,1-2H3,(H,16,18). The fourth-order valence-corrected chi connectivity index (χ4v) is 2.05. The van der Waals surface area contributed by atoms with Crippen molar-refractivity contribution in [3.63, 3.8) is 0 Å². The third-order valence-corrected chi connectivity index (χ3v) is 2.98. The van der Waals surface area contributed by atoms with E-state index in [0.717, 1.165) is 17.8 Å². The van der Waals surface area contributed by atoms with Crippen molar-refractivity contribution >= 4 is 23.2 Å². The molecule has 3 N–H and O–H groups in total. The SMILES string of the molecule is CCNC(=O)CN(CC)c1ccc(CN)cc1Cl. The Morgan fingerprint density at radius 1 is 1.44 bits per heavy atom. The molecule has 18 heavy (non-hydrogen) atoms. The van der Waals surface area contributed by atoms with Gasteiger partial charge in [0.1, 0.15) is 0 Å². The van der Waals surface area contributed by atoms with Crippen molar-refractivity contribution < 1.29 is 4.79 Å². The average molecular weight is 270 g/mol. The molecule has 0 fully saturated rings. The van der Waals surface area contributed by atoms with Gasteiger partial charge in [0.25, 0.3) is 0 Å². The van der Waals surface area contributed by atoms with E-state index in [9.17, 15) is 4.79 Å². The fraction of sp³-hybridized carbons (Fsp3) is 0.462. The number of amides is 1. The quantitative estimate of drug-likeness (QED) is 0.827.